The third-order valence-electron chi connectivity index (χ3n) is 6.13. The predicted octanol–water partition coefficient (Wildman–Crippen LogP) is 2.57. The average molecular weight is 430 g/mol. The van der Waals surface area contributed by atoms with Gasteiger partial charge in [-0.1, -0.05) is 6.92 Å². The molecular formula is C20H32ClN3O3S. The first-order chi connectivity index (χ1) is 12.7. The van der Waals surface area contributed by atoms with Gasteiger partial charge in [-0.25, -0.2) is 8.42 Å². The van der Waals surface area contributed by atoms with Crippen LogP contribution in [0, 0.1) is 25.7 Å². The molecule has 8 heteroatoms. The van der Waals surface area contributed by atoms with Crippen molar-refractivity contribution in [3.63, 3.8) is 0 Å². The van der Waals surface area contributed by atoms with Crippen molar-refractivity contribution in [3.8, 4) is 0 Å². The molecule has 1 aromatic carbocycles. The van der Waals surface area contributed by atoms with Gasteiger partial charge in [0.25, 0.3) is 5.91 Å². The van der Waals surface area contributed by atoms with Crippen LogP contribution in [0.15, 0.2) is 17.0 Å². The molecule has 1 atom stereocenters. The number of carbonyl (C=O) groups excluding carboxylic acids is 1. The molecule has 0 aliphatic carbocycles. The Morgan fingerprint density at radius 1 is 1.14 bits per heavy atom. The second kappa shape index (κ2) is 9.11. The molecule has 0 spiro atoms. The van der Waals surface area contributed by atoms with Crippen molar-refractivity contribution in [3.05, 3.63) is 28.8 Å². The van der Waals surface area contributed by atoms with Crippen LogP contribution in [0.1, 0.15) is 47.7 Å². The van der Waals surface area contributed by atoms with E-state index in [9.17, 15) is 13.2 Å². The fourth-order valence-corrected chi connectivity index (χ4v) is 5.77. The van der Waals surface area contributed by atoms with E-state index in [1.807, 2.05) is 19.9 Å². The lowest BCUT2D eigenvalue weighted by molar-refractivity contribution is 0.0787. The first-order valence-electron chi connectivity index (χ1n) is 9.84. The topological polar surface area (TPSA) is 83.7 Å². The molecule has 0 saturated carbocycles. The number of rotatable bonds is 4. The Kier molecular flexibility index (Phi) is 7.53. The standard InChI is InChI=1S/C20H31N3O3S.ClH/c1-14-4-8-23(9-5-14)27(25,26)19-11-18(10-15(2)16(19)3)20(24)22-7-6-17(12-21)13-22;/h10-11,14,17H,4-9,12-13,21H2,1-3H3;1H. The Bertz CT molecular complexity index is 820. The van der Waals surface area contributed by atoms with Crippen LogP contribution in [0.3, 0.4) is 0 Å². The number of sulfonamides is 1. The van der Waals surface area contributed by atoms with Gasteiger partial charge in [-0.15, -0.1) is 12.4 Å². The van der Waals surface area contributed by atoms with Crippen molar-refractivity contribution < 1.29 is 13.2 Å². The molecular weight excluding hydrogens is 398 g/mol. The second-order valence-corrected chi connectivity index (χ2v) is 10.1. The number of carbonyl (C=O) groups is 1. The van der Waals surface area contributed by atoms with Gasteiger partial charge in [0.1, 0.15) is 0 Å². The smallest absolute Gasteiger partial charge is 0.253 e. The summed E-state index contributed by atoms with van der Waals surface area (Å²) in [5.74, 6) is 0.787. The number of hydrogen-bond donors (Lipinski definition) is 1. The molecule has 2 N–H and O–H groups in total. The van der Waals surface area contributed by atoms with E-state index < -0.39 is 10.0 Å². The van der Waals surface area contributed by atoms with Crippen LogP contribution in [-0.4, -0.2) is 56.3 Å². The summed E-state index contributed by atoms with van der Waals surface area (Å²) in [6.07, 6.45) is 2.67. The Labute approximate surface area is 174 Å². The molecule has 2 saturated heterocycles. The lowest BCUT2D eigenvalue weighted by Gasteiger charge is -2.30. The van der Waals surface area contributed by atoms with Crippen molar-refractivity contribution in [1.82, 2.24) is 9.21 Å². The van der Waals surface area contributed by atoms with Gasteiger partial charge in [-0.2, -0.15) is 4.31 Å². The Morgan fingerprint density at radius 3 is 2.36 bits per heavy atom. The maximum absolute atomic E-state index is 13.2. The molecule has 1 unspecified atom stereocenters. The summed E-state index contributed by atoms with van der Waals surface area (Å²) in [5, 5.41) is 0. The van der Waals surface area contributed by atoms with Crippen LogP contribution in [0.25, 0.3) is 0 Å². The van der Waals surface area contributed by atoms with E-state index in [0.717, 1.165) is 30.4 Å². The first kappa shape index (κ1) is 23.1. The van der Waals surface area contributed by atoms with Crippen LogP contribution in [0.2, 0.25) is 0 Å². The number of piperidine rings is 1. The van der Waals surface area contributed by atoms with Crippen molar-refractivity contribution in [2.24, 2.45) is 17.6 Å². The SMILES string of the molecule is Cc1cc(C(=O)N2CCC(CN)C2)cc(S(=O)(=O)N2CCC(C)CC2)c1C.Cl. The number of aryl methyl sites for hydroxylation is 1. The summed E-state index contributed by atoms with van der Waals surface area (Å²) in [5.41, 5.74) is 7.75. The van der Waals surface area contributed by atoms with Crippen molar-refractivity contribution in [2.75, 3.05) is 32.7 Å². The van der Waals surface area contributed by atoms with E-state index in [1.165, 1.54) is 0 Å². The molecule has 2 aliphatic heterocycles. The van der Waals surface area contributed by atoms with E-state index >= 15 is 0 Å². The second-order valence-electron chi connectivity index (χ2n) is 8.14. The molecule has 6 nitrogen and oxygen atoms in total. The Morgan fingerprint density at radius 2 is 1.79 bits per heavy atom. The zero-order valence-electron chi connectivity index (χ0n) is 17.0. The highest BCUT2D eigenvalue weighted by atomic mass is 35.5. The minimum Gasteiger partial charge on any atom is -0.338 e. The predicted molar refractivity (Wildman–Crippen MR) is 113 cm³/mol. The van der Waals surface area contributed by atoms with Crippen LogP contribution >= 0.6 is 12.4 Å². The maximum Gasteiger partial charge on any atom is 0.253 e. The van der Waals surface area contributed by atoms with E-state index in [2.05, 4.69) is 6.92 Å². The number of amides is 1. The molecule has 2 aliphatic rings. The highest BCUT2D eigenvalue weighted by molar-refractivity contribution is 7.89. The fourth-order valence-electron chi connectivity index (χ4n) is 3.97. The normalized spacial score (nSPS) is 21.6. The van der Waals surface area contributed by atoms with E-state index in [-0.39, 0.29) is 23.2 Å². The first-order valence-corrected chi connectivity index (χ1v) is 11.3. The molecule has 0 bridgehead atoms. The summed E-state index contributed by atoms with van der Waals surface area (Å²) in [7, 11) is -3.59. The highest BCUT2D eigenvalue weighted by Gasteiger charge is 2.32. The quantitative estimate of drug-likeness (QED) is 0.797. The number of hydrogen-bond acceptors (Lipinski definition) is 4. The zero-order valence-corrected chi connectivity index (χ0v) is 18.6. The molecule has 1 aromatic rings. The summed E-state index contributed by atoms with van der Waals surface area (Å²) < 4.78 is 28.1. The van der Waals surface area contributed by atoms with Crippen LogP contribution in [0.4, 0.5) is 0 Å². The molecule has 0 aromatic heterocycles. The van der Waals surface area contributed by atoms with E-state index in [4.69, 9.17) is 5.73 Å². The molecule has 2 heterocycles. The van der Waals surface area contributed by atoms with Crippen LogP contribution in [-0.2, 0) is 10.0 Å². The van der Waals surface area contributed by atoms with Gasteiger partial charge in [0, 0.05) is 31.7 Å². The third-order valence-corrected chi connectivity index (χ3v) is 8.16. The van der Waals surface area contributed by atoms with Gasteiger partial charge in [0.05, 0.1) is 4.90 Å². The third kappa shape index (κ3) is 4.53. The largest absolute Gasteiger partial charge is 0.338 e. The Hall–Kier alpha value is -1.15. The van der Waals surface area contributed by atoms with Gasteiger partial charge in [-0.3, -0.25) is 4.79 Å². The van der Waals surface area contributed by atoms with Gasteiger partial charge < -0.3 is 10.6 Å². The number of benzene rings is 1. The molecule has 28 heavy (non-hydrogen) atoms. The minimum atomic E-state index is -3.59. The summed E-state index contributed by atoms with van der Waals surface area (Å²) in [6, 6.07) is 3.39. The molecule has 2 fully saturated rings. The van der Waals surface area contributed by atoms with Gasteiger partial charge >= 0.3 is 0 Å². The summed E-state index contributed by atoms with van der Waals surface area (Å²) >= 11 is 0. The minimum absolute atomic E-state index is 0. The van der Waals surface area contributed by atoms with Crippen LogP contribution < -0.4 is 5.73 Å². The highest BCUT2D eigenvalue weighted by Crippen LogP contribution is 2.29. The van der Waals surface area contributed by atoms with E-state index in [1.54, 1.807) is 15.3 Å². The fraction of sp³-hybridized carbons (Fsp3) is 0.650. The number of halogens is 1. The van der Waals surface area contributed by atoms with Crippen molar-refractivity contribution >= 4 is 28.3 Å². The summed E-state index contributed by atoms with van der Waals surface area (Å²) in [4.78, 5) is 15.0. The molecule has 3 rings (SSSR count). The molecule has 0 radical (unpaired) electrons. The lowest BCUT2D eigenvalue weighted by atomic mass is 10.0. The van der Waals surface area contributed by atoms with Gasteiger partial charge in [-0.05, 0) is 74.8 Å². The monoisotopic (exact) mass is 429 g/mol. The average Bonchev–Trinajstić information content (AvgIpc) is 3.12. The van der Waals surface area contributed by atoms with Crippen molar-refractivity contribution in [1.29, 1.82) is 0 Å². The summed E-state index contributed by atoms with van der Waals surface area (Å²) in [6.45, 7) is 8.84. The number of nitrogens with zero attached hydrogens (tertiary/aromatic N) is 2. The lowest BCUT2D eigenvalue weighted by Crippen LogP contribution is -2.38. The zero-order chi connectivity index (χ0) is 19.8. The Balaban J connectivity index is 0.00000280. The maximum atomic E-state index is 13.2. The molecule has 1 amide bonds. The van der Waals surface area contributed by atoms with Crippen LogP contribution in [0.5, 0.6) is 0 Å². The number of likely N-dealkylation sites (tertiary alicyclic amines) is 1. The van der Waals surface area contributed by atoms with Gasteiger partial charge in [0.15, 0.2) is 0 Å². The van der Waals surface area contributed by atoms with E-state index in [0.29, 0.717) is 50.1 Å². The number of nitrogens with two attached hydrogens (primary N) is 1. The van der Waals surface area contributed by atoms with Gasteiger partial charge in [0.2, 0.25) is 10.0 Å². The van der Waals surface area contributed by atoms with Crippen molar-refractivity contribution in [2.45, 2.75) is 44.9 Å². The molecule has 158 valence electrons.